The molecule has 2 atom stereocenters. The summed E-state index contributed by atoms with van der Waals surface area (Å²) in [7, 11) is -3.78. The predicted octanol–water partition coefficient (Wildman–Crippen LogP) is 4.39. The first kappa shape index (κ1) is 21.4. The minimum Gasteiger partial charge on any atom is -0.309 e. The predicted molar refractivity (Wildman–Crippen MR) is 113 cm³/mol. The number of halogens is 2. The zero-order chi connectivity index (χ0) is 20.5. The number of rotatable bonds is 4. The van der Waals surface area contributed by atoms with E-state index in [1.165, 1.54) is 22.1 Å². The molecule has 28 heavy (non-hydrogen) atoms. The van der Waals surface area contributed by atoms with Gasteiger partial charge in [-0.1, -0.05) is 35.0 Å². The van der Waals surface area contributed by atoms with E-state index in [2.05, 4.69) is 5.32 Å². The highest BCUT2D eigenvalue weighted by molar-refractivity contribution is 8.00. The monoisotopic (exact) mass is 455 g/mol. The summed E-state index contributed by atoms with van der Waals surface area (Å²) < 4.78 is 28.3. The minimum atomic E-state index is -3.78. The number of sulfonamides is 1. The van der Waals surface area contributed by atoms with Crippen molar-refractivity contribution >= 4 is 45.0 Å². The Morgan fingerprint density at radius 1 is 1.11 bits per heavy atom. The Balaban J connectivity index is 2.04. The van der Waals surface area contributed by atoms with Crippen molar-refractivity contribution in [2.75, 3.05) is 13.1 Å². The highest BCUT2D eigenvalue weighted by atomic mass is 35.5. The summed E-state index contributed by atoms with van der Waals surface area (Å²) >= 11 is 13.4. The van der Waals surface area contributed by atoms with Crippen molar-refractivity contribution in [2.24, 2.45) is 0 Å². The van der Waals surface area contributed by atoms with E-state index in [-0.39, 0.29) is 17.0 Å². The van der Waals surface area contributed by atoms with Crippen LogP contribution in [-0.2, 0) is 10.0 Å². The summed E-state index contributed by atoms with van der Waals surface area (Å²) in [6.07, 6.45) is 0. The van der Waals surface area contributed by atoms with Crippen LogP contribution in [0.5, 0.6) is 0 Å². The first-order chi connectivity index (χ1) is 13.2. The molecule has 0 bridgehead atoms. The zero-order valence-electron chi connectivity index (χ0n) is 15.3. The molecule has 1 aliphatic rings. The van der Waals surface area contributed by atoms with E-state index in [0.29, 0.717) is 33.6 Å². The Morgan fingerprint density at radius 3 is 2.29 bits per heavy atom. The van der Waals surface area contributed by atoms with Crippen LogP contribution in [0.25, 0.3) is 0 Å². The Kier molecular flexibility index (Phi) is 6.60. The third kappa shape index (κ3) is 4.82. The number of benzene rings is 2. The van der Waals surface area contributed by atoms with Crippen molar-refractivity contribution in [1.29, 1.82) is 5.26 Å². The van der Waals surface area contributed by atoms with Crippen LogP contribution in [-0.4, -0.2) is 37.9 Å². The minimum absolute atomic E-state index is 0.0421. The van der Waals surface area contributed by atoms with Gasteiger partial charge in [0.05, 0.1) is 16.5 Å². The molecule has 0 spiro atoms. The topological polar surface area (TPSA) is 73.2 Å². The van der Waals surface area contributed by atoms with Crippen LogP contribution >= 0.6 is 35.0 Å². The average molecular weight is 456 g/mol. The van der Waals surface area contributed by atoms with E-state index in [9.17, 15) is 13.7 Å². The molecule has 0 amide bonds. The van der Waals surface area contributed by atoms with Gasteiger partial charge in [-0.15, -0.1) is 0 Å². The fourth-order valence-corrected chi connectivity index (χ4v) is 6.92. The maximum Gasteiger partial charge on any atom is 0.244 e. The lowest BCUT2D eigenvalue weighted by Gasteiger charge is -2.35. The molecule has 9 heteroatoms. The van der Waals surface area contributed by atoms with Crippen molar-refractivity contribution in [2.45, 2.75) is 40.6 Å². The summed E-state index contributed by atoms with van der Waals surface area (Å²) in [4.78, 5) is 1.37. The van der Waals surface area contributed by atoms with Gasteiger partial charge in [-0.3, -0.25) is 0 Å². The second kappa shape index (κ2) is 8.62. The molecule has 0 aromatic heterocycles. The normalized spacial score (nSPS) is 20.7. The van der Waals surface area contributed by atoms with Crippen LogP contribution in [0, 0.1) is 11.3 Å². The van der Waals surface area contributed by atoms with E-state index in [1.54, 1.807) is 30.3 Å². The molecule has 1 aliphatic heterocycles. The van der Waals surface area contributed by atoms with Gasteiger partial charge in [-0.05, 0) is 50.2 Å². The Bertz CT molecular complexity index is 1010. The molecule has 5 nitrogen and oxygen atoms in total. The number of nitrogens with one attached hydrogen (secondary N) is 1. The van der Waals surface area contributed by atoms with Crippen molar-refractivity contribution in [1.82, 2.24) is 9.62 Å². The second-order valence-electron chi connectivity index (χ2n) is 6.77. The Labute approximate surface area is 179 Å². The number of nitrogens with zero attached hydrogens (tertiary/aromatic N) is 2. The van der Waals surface area contributed by atoms with Crippen LogP contribution < -0.4 is 5.32 Å². The molecule has 1 fully saturated rings. The first-order valence-corrected chi connectivity index (χ1v) is 11.6. The average Bonchev–Trinajstić information content (AvgIpc) is 2.60. The molecule has 1 heterocycles. The zero-order valence-corrected chi connectivity index (χ0v) is 18.5. The molecule has 0 radical (unpaired) electrons. The van der Waals surface area contributed by atoms with Gasteiger partial charge in [0, 0.05) is 45.0 Å². The maximum atomic E-state index is 13.4. The lowest BCUT2D eigenvalue weighted by Crippen LogP contribution is -2.55. The molecule has 1 saturated heterocycles. The van der Waals surface area contributed by atoms with Crippen molar-refractivity contribution in [3.05, 3.63) is 52.0 Å². The van der Waals surface area contributed by atoms with Gasteiger partial charge in [-0.25, -0.2) is 8.42 Å². The highest BCUT2D eigenvalue weighted by Crippen LogP contribution is 2.37. The van der Waals surface area contributed by atoms with Crippen molar-refractivity contribution < 1.29 is 8.42 Å². The van der Waals surface area contributed by atoms with E-state index >= 15 is 0 Å². The van der Waals surface area contributed by atoms with Crippen LogP contribution in [0.3, 0.4) is 0 Å². The molecular weight excluding hydrogens is 437 g/mol. The van der Waals surface area contributed by atoms with Gasteiger partial charge in [0.25, 0.3) is 0 Å². The van der Waals surface area contributed by atoms with Crippen LogP contribution in [0.15, 0.2) is 51.1 Å². The third-order valence-electron chi connectivity index (χ3n) is 4.28. The smallest absolute Gasteiger partial charge is 0.244 e. The van der Waals surface area contributed by atoms with Gasteiger partial charge in [-0.2, -0.15) is 9.57 Å². The quantitative estimate of drug-likeness (QED) is 0.739. The van der Waals surface area contributed by atoms with Gasteiger partial charge < -0.3 is 5.32 Å². The Morgan fingerprint density at radius 2 is 1.71 bits per heavy atom. The standard InChI is InChI=1S/C19H19Cl2N3O2S2/c1-12-10-24(11-13(2)23-12)28(25,26)19-5-14(9-22)3-4-18(19)27-17-7-15(20)6-16(21)8-17/h3-8,12-13,23H,10-11H2,1-2H3. The molecular formula is C19H19Cl2N3O2S2. The summed E-state index contributed by atoms with van der Waals surface area (Å²) in [5.74, 6) is 0. The lowest BCUT2D eigenvalue weighted by atomic mass is 10.2. The molecule has 148 valence electrons. The Hall–Kier alpha value is -1.27. The second-order valence-corrected chi connectivity index (χ2v) is 10.7. The molecule has 0 saturated carbocycles. The van der Waals surface area contributed by atoms with Crippen LogP contribution in [0.4, 0.5) is 0 Å². The number of nitriles is 1. The fourth-order valence-electron chi connectivity index (χ4n) is 3.19. The lowest BCUT2D eigenvalue weighted by molar-refractivity contribution is 0.262. The van der Waals surface area contributed by atoms with Crippen molar-refractivity contribution in [3.8, 4) is 6.07 Å². The van der Waals surface area contributed by atoms with E-state index in [4.69, 9.17) is 23.2 Å². The summed E-state index contributed by atoms with van der Waals surface area (Å²) in [5, 5.41) is 13.5. The van der Waals surface area contributed by atoms with Gasteiger partial charge in [0.1, 0.15) is 0 Å². The van der Waals surface area contributed by atoms with E-state index < -0.39 is 10.0 Å². The molecule has 3 rings (SSSR count). The summed E-state index contributed by atoms with van der Waals surface area (Å²) in [5.41, 5.74) is 0.295. The van der Waals surface area contributed by atoms with E-state index in [0.717, 1.165) is 4.90 Å². The van der Waals surface area contributed by atoms with Gasteiger partial charge >= 0.3 is 0 Å². The summed E-state index contributed by atoms with van der Waals surface area (Å²) in [6.45, 7) is 4.65. The largest absolute Gasteiger partial charge is 0.309 e. The SMILES string of the molecule is CC1CN(S(=O)(=O)c2cc(C#N)ccc2Sc2cc(Cl)cc(Cl)c2)CC(C)N1. The highest BCUT2D eigenvalue weighted by Gasteiger charge is 2.33. The number of hydrogen-bond acceptors (Lipinski definition) is 5. The van der Waals surface area contributed by atoms with Gasteiger partial charge in [0.2, 0.25) is 10.0 Å². The maximum absolute atomic E-state index is 13.4. The summed E-state index contributed by atoms with van der Waals surface area (Å²) in [6, 6.07) is 11.9. The molecule has 2 aromatic carbocycles. The molecule has 2 aromatic rings. The molecule has 1 N–H and O–H groups in total. The van der Waals surface area contributed by atoms with Crippen LogP contribution in [0.2, 0.25) is 10.0 Å². The van der Waals surface area contributed by atoms with Crippen molar-refractivity contribution in [3.63, 3.8) is 0 Å². The van der Waals surface area contributed by atoms with E-state index in [1.807, 2.05) is 19.9 Å². The number of hydrogen-bond donors (Lipinski definition) is 1. The molecule has 2 unspecified atom stereocenters. The molecule has 0 aliphatic carbocycles. The fraction of sp³-hybridized carbons (Fsp3) is 0.316. The van der Waals surface area contributed by atoms with Crippen LogP contribution in [0.1, 0.15) is 19.4 Å². The van der Waals surface area contributed by atoms with Gasteiger partial charge in [0.15, 0.2) is 0 Å². The number of piperazine rings is 1. The third-order valence-corrected chi connectivity index (χ3v) is 7.76. The first-order valence-electron chi connectivity index (χ1n) is 8.63.